The average molecular weight is 736 g/mol. The molecule has 5 atom stereocenters. The van der Waals surface area contributed by atoms with Gasteiger partial charge in [-0.25, -0.2) is 4.79 Å². The number of fused-ring (bicyclic) bond motifs is 1. The van der Waals surface area contributed by atoms with E-state index >= 15 is 0 Å². The van der Waals surface area contributed by atoms with E-state index in [-0.39, 0.29) is 41.4 Å². The molecule has 3 aromatic rings. The van der Waals surface area contributed by atoms with Crippen LogP contribution in [0.2, 0.25) is 0 Å². The number of rotatable bonds is 12. The van der Waals surface area contributed by atoms with Crippen molar-refractivity contribution in [2.75, 3.05) is 13.1 Å². The third-order valence-electron chi connectivity index (χ3n) is 8.72. The molecule has 0 aliphatic carbocycles. The first-order chi connectivity index (χ1) is 24.3. The molecular formula is C36H42ClN7O8. The second-order valence-corrected chi connectivity index (χ2v) is 13.5. The molecule has 0 unspecified atom stereocenters. The topological polar surface area (TPSA) is 254 Å². The molecule has 10 N–H and O–H groups in total. The van der Waals surface area contributed by atoms with Crippen molar-refractivity contribution < 1.29 is 39.6 Å². The van der Waals surface area contributed by atoms with E-state index in [1.807, 2.05) is 12.1 Å². The summed E-state index contributed by atoms with van der Waals surface area (Å²) in [5.41, 5.74) is 11.5. The van der Waals surface area contributed by atoms with Gasteiger partial charge in [0.2, 0.25) is 11.8 Å². The van der Waals surface area contributed by atoms with Gasteiger partial charge in [0.05, 0.1) is 29.1 Å². The van der Waals surface area contributed by atoms with Crippen molar-refractivity contribution in [2.45, 2.75) is 63.3 Å². The smallest absolute Gasteiger partial charge is 0.352 e. The summed E-state index contributed by atoms with van der Waals surface area (Å²) in [5.74, 6) is -4.76. The third-order valence-corrected chi connectivity index (χ3v) is 9.26. The van der Waals surface area contributed by atoms with Crippen LogP contribution in [0.4, 0.5) is 0 Å². The Morgan fingerprint density at radius 2 is 1.83 bits per heavy atom. The van der Waals surface area contributed by atoms with Gasteiger partial charge in [-0.3, -0.25) is 24.4 Å². The highest BCUT2D eigenvalue weighted by molar-refractivity contribution is 6.23. The predicted octanol–water partition coefficient (Wildman–Crippen LogP) is 1.83. The Morgan fingerprint density at radius 3 is 2.44 bits per heavy atom. The van der Waals surface area contributed by atoms with E-state index in [1.54, 1.807) is 25.3 Å². The first-order valence-electron chi connectivity index (χ1n) is 16.2. The van der Waals surface area contributed by atoms with Crippen LogP contribution in [-0.2, 0) is 14.4 Å². The number of nitrogens with one attached hydrogen (secondary N) is 2. The summed E-state index contributed by atoms with van der Waals surface area (Å²) < 4.78 is 0. The molecule has 1 aliphatic rings. The van der Waals surface area contributed by atoms with Gasteiger partial charge < -0.3 is 47.4 Å². The summed E-state index contributed by atoms with van der Waals surface area (Å²) in [7, 11) is 0. The van der Waals surface area contributed by atoms with Crippen molar-refractivity contribution in [3.8, 4) is 16.9 Å². The standard InChI is InChI=1S/C36H42ClN7O8/c1-17(2)22-15-40-23-9-7-6-8-20(23)26(22)21-14-19(10-11-24(21)45)31(47)43-29(27(37)25(46)16-41-35(38)39)33(49)44-13-12-36(5,52)30(44)32(48)42-28(18(3)4)34(50)51/h6-11,14-15,25,27,29-30,45-46,52H,1,12-13,16H2,2-5H3,(H,42,48)(H,43,47)(H,50,51)(H4,38,39,41)/t25-,27-,29+,30+,36+/m0/s1. The van der Waals surface area contributed by atoms with Gasteiger partial charge in [0, 0.05) is 40.4 Å². The number of aliphatic carboxylic acids is 1. The normalized spacial score (nSPS) is 18.5. The summed E-state index contributed by atoms with van der Waals surface area (Å²) in [6.07, 6.45) is -0.0786. The summed E-state index contributed by atoms with van der Waals surface area (Å²) >= 11 is 6.66. The molecule has 276 valence electrons. The molecular weight excluding hydrogens is 694 g/mol. The number of phenolic OH excluding ortho intramolecular Hbond substituents is 1. The molecule has 1 aromatic heterocycles. The van der Waals surface area contributed by atoms with Gasteiger partial charge in [0.15, 0.2) is 5.96 Å². The van der Waals surface area contributed by atoms with Gasteiger partial charge in [0.25, 0.3) is 5.91 Å². The quantitative estimate of drug-likeness (QED) is 0.0576. The molecule has 0 bridgehead atoms. The first-order valence-corrected chi connectivity index (χ1v) is 16.6. The number of carboxylic acid groups (broad SMARTS) is 1. The summed E-state index contributed by atoms with van der Waals surface area (Å²) in [4.78, 5) is 62.8. The number of likely N-dealkylation sites (tertiary alicyclic amines) is 1. The molecule has 15 nitrogen and oxygen atoms in total. The number of hydrogen-bond donors (Lipinski definition) is 8. The fourth-order valence-electron chi connectivity index (χ4n) is 6.03. The summed E-state index contributed by atoms with van der Waals surface area (Å²) in [5, 5.41) is 46.7. The number of amides is 3. The molecule has 0 radical (unpaired) electrons. The number of aromatic hydroxyl groups is 1. The van der Waals surface area contributed by atoms with Gasteiger partial charge in [-0.15, -0.1) is 11.6 Å². The van der Waals surface area contributed by atoms with Crippen molar-refractivity contribution in [1.29, 1.82) is 0 Å². The number of hydrogen-bond acceptors (Lipinski definition) is 9. The number of allylic oxidation sites excluding steroid dienone is 2. The number of carbonyl (C=O) groups is 4. The van der Waals surface area contributed by atoms with Crippen LogP contribution in [-0.4, -0.2) is 102 Å². The van der Waals surface area contributed by atoms with Gasteiger partial charge in [-0.1, -0.05) is 24.8 Å². The number of aliphatic hydroxyl groups is 2. The highest BCUT2D eigenvalue weighted by Crippen LogP contribution is 2.39. The van der Waals surface area contributed by atoms with Gasteiger partial charge in [0.1, 0.15) is 23.5 Å². The van der Waals surface area contributed by atoms with Gasteiger partial charge >= 0.3 is 5.97 Å². The Balaban J connectivity index is 1.77. The van der Waals surface area contributed by atoms with E-state index in [1.165, 1.54) is 39.0 Å². The van der Waals surface area contributed by atoms with Gasteiger partial charge in [-0.2, -0.15) is 0 Å². The number of halogens is 1. The van der Waals surface area contributed by atoms with Crippen molar-refractivity contribution in [3.05, 3.63) is 77.6 Å². The Kier molecular flexibility index (Phi) is 11.9. The Hall–Kier alpha value is -5.51. The van der Waals surface area contributed by atoms with Crippen molar-refractivity contribution in [3.63, 3.8) is 0 Å². The maximum atomic E-state index is 14.3. The second kappa shape index (κ2) is 15.8. The number of phenols is 1. The minimum absolute atomic E-state index is 0.0147. The number of nitrogens with two attached hydrogens (primary N) is 2. The highest BCUT2D eigenvalue weighted by Gasteiger charge is 2.52. The molecule has 2 aromatic carbocycles. The molecule has 3 amide bonds. The molecule has 16 heteroatoms. The number of pyridine rings is 1. The summed E-state index contributed by atoms with van der Waals surface area (Å²) in [6.45, 7) is 9.41. The number of aromatic nitrogens is 1. The first kappa shape index (κ1) is 39.3. The fourth-order valence-corrected chi connectivity index (χ4v) is 6.28. The molecule has 0 saturated carbocycles. The van der Waals surface area contributed by atoms with Gasteiger partial charge in [-0.05, 0) is 69.5 Å². The number of benzene rings is 2. The van der Waals surface area contributed by atoms with Crippen LogP contribution < -0.4 is 22.1 Å². The number of nitrogens with zero attached hydrogens (tertiary/aromatic N) is 3. The highest BCUT2D eigenvalue weighted by atomic mass is 35.5. The number of para-hydroxylation sites is 1. The lowest BCUT2D eigenvalue weighted by Crippen LogP contribution is -2.61. The average Bonchev–Trinajstić information content (AvgIpc) is 3.41. The number of aliphatic hydroxyl groups excluding tert-OH is 1. The van der Waals surface area contributed by atoms with Crippen LogP contribution in [0.1, 0.15) is 50.0 Å². The van der Waals surface area contributed by atoms with E-state index in [2.05, 4.69) is 27.2 Å². The van der Waals surface area contributed by atoms with Crippen LogP contribution in [0.3, 0.4) is 0 Å². The Bertz CT molecular complexity index is 1990. The number of carbonyl (C=O) groups excluding carboxylic acids is 3. The van der Waals surface area contributed by atoms with E-state index in [4.69, 9.17) is 23.1 Å². The van der Waals surface area contributed by atoms with E-state index in [9.17, 15) is 39.6 Å². The third kappa shape index (κ3) is 8.33. The monoisotopic (exact) mass is 735 g/mol. The predicted molar refractivity (Wildman–Crippen MR) is 196 cm³/mol. The van der Waals surface area contributed by atoms with Crippen LogP contribution in [0.25, 0.3) is 27.6 Å². The zero-order valence-electron chi connectivity index (χ0n) is 29.1. The molecule has 1 fully saturated rings. The number of aliphatic imine (C=N–C) groups is 1. The van der Waals surface area contributed by atoms with E-state index in [0.717, 1.165) is 4.90 Å². The Morgan fingerprint density at radius 1 is 1.15 bits per heavy atom. The lowest BCUT2D eigenvalue weighted by Gasteiger charge is -2.34. The number of alkyl halides is 1. The lowest BCUT2D eigenvalue weighted by atomic mass is 9.91. The van der Waals surface area contributed by atoms with Crippen molar-refractivity contribution in [1.82, 2.24) is 20.5 Å². The lowest BCUT2D eigenvalue weighted by molar-refractivity contribution is -0.145. The van der Waals surface area contributed by atoms with Crippen LogP contribution in [0, 0.1) is 0 Å². The molecule has 2 heterocycles. The zero-order chi connectivity index (χ0) is 38.7. The molecule has 4 rings (SSSR count). The van der Waals surface area contributed by atoms with Crippen molar-refractivity contribution in [2.24, 2.45) is 16.5 Å². The zero-order valence-corrected chi connectivity index (χ0v) is 29.8. The SMILES string of the molecule is C=C(C)c1cnc2ccccc2c1-c1cc(C(=O)N[C@@H](C(=O)N2CC[C@@](C)(O)[C@H]2C(=O)NC(C(=O)O)=C(C)C)[C@@H](Cl)[C@@H](O)CN=C(N)N)ccc1O. The molecule has 1 aliphatic heterocycles. The van der Waals surface area contributed by atoms with Crippen LogP contribution in [0.15, 0.2) is 71.5 Å². The second-order valence-electron chi connectivity index (χ2n) is 13.0. The fraction of sp³-hybridized carbons (Fsp3) is 0.333. The summed E-state index contributed by atoms with van der Waals surface area (Å²) in [6, 6.07) is 7.92. The van der Waals surface area contributed by atoms with Crippen molar-refractivity contribution >= 4 is 57.7 Å². The minimum atomic E-state index is -1.82. The maximum absolute atomic E-state index is 14.3. The Labute approximate surface area is 304 Å². The molecule has 52 heavy (non-hydrogen) atoms. The molecule has 1 saturated heterocycles. The van der Waals surface area contributed by atoms with E-state index < -0.39 is 65.1 Å². The van der Waals surface area contributed by atoms with Crippen LogP contribution in [0.5, 0.6) is 5.75 Å². The van der Waals surface area contributed by atoms with E-state index in [0.29, 0.717) is 27.6 Å². The number of carboxylic acids is 1. The minimum Gasteiger partial charge on any atom is -0.507 e. The largest absolute Gasteiger partial charge is 0.507 e. The van der Waals surface area contributed by atoms with Crippen LogP contribution >= 0.6 is 11.6 Å². The molecule has 0 spiro atoms. The maximum Gasteiger partial charge on any atom is 0.352 e. The number of guanidine groups is 1.